The van der Waals surface area contributed by atoms with Gasteiger partial charge >= 0.3 is 0 Å². The Hall–Kier alpha value is -0.830. The zero-order chi connectivity index (χ0) is 7.40. The van der Waals surface area contributed by atoms with Crippen LogP contribution in [0, 0.1) is 5.92 Å². The molecule has 3 nitrogen and oxygen atoms in total. The number of hydrogen-bond donors (Lipinski definition) is 1. The molecule has 0 fully saturated rings. The number of aromatic nitrogens is 2. The Kier molecular flexibility index (Phi) is 2.45. The minimum atomic E-state index is 0.514. The van der Waals surface area contributed by atoms with Crippen molar-refractivity contribution in [2.24, 2.45) is 11.7 Å². The molecule has 0 amide bonds. The molecule has 0 saturated heterocycles. The molecule has 56 valence electrons. The molecule has 0 unspecified atom stereocenters. The first-order valence-electron chi connectivity index (χ1n) is 3.50. The van der Waals surface area contributed by atoms with Crippen molar-refractivity contribution in [2.75, 3.05) is 6.54 Å². The highest BCUT2D eigenvalue weighted by Gasteiger charge is 1.98. The maximum absolute atomic E-state index is 5.45. The Labute approximate surface area is 60.8 Å². The number of hydrogen-bond acceptors (Lipinski definition) is 2. The van der Waals surface area contributed by atoms with Crippen LogP contribution in [-0.2, 0) is 6.54 Å². The smallest absolute Gasteiger partial charge is 0.0489 e. The maximum atomic E-state index is 5.45. The average Bonchev–Trinajstić information content (AvgIpc) is 2.40. The van der Waals surface area contributed by atoms with Crippen molar-refractivity contribution in [2.45, 2.75) is 13.5 Å². The molecule has 0 aliphatic carbocycles. The summed E-state index contributed by atoms with van der Waals surface area (Å²) in [6.07, 6.45) is 3.73. The summed E-state index contributed by atoms with van der Waals surface area (Å²) >= 11 is 0. The average molecular weight is 139 g/mol. The van der Waals surface area contributed by atoms with E-state index < -0.39 is 0 Å². The third-order valence-electron chi connectivity index (χ3n) is 1.46. The van der Waals surface area contributed by atoms with Gasteiger partial charge in [0.2, 0.25) is 0 Å². The van der Waals surface area contributed by atoms with Crippen molar-refractivity contribution in [3.63, 3.8) is 0 Å². The summed E-state index contributed by atoms with van der Waals surface area (Å²) < 4.78 is 1.90. The quantitative estimate of drug-likeness (QED) is 0.661. The van der Waals surface area contributed by atoms with Gasteiger partial charge in [0.25, 0.3) is 0 Å². The largest absolute Gasteiger partial charge is 0.330 e. The summed E-state index contributed by atoms with van der Waals surface area (Å²) in [5.74, 6) is 0.514. The highest BCUT2D eigenvalue weighted by molar-refractivity contribution is 4.78. The predicted octanol–water partition coefficient (Wildman–Crippen LogP) is 0.478. The van der Waals surface area contributed by atoms with Crippen molar-refractivity contribution in [3.8, 4) is 0 Å². The van der Waals surface area contributed by atoms with Crippen LogP contribution in [-0.4, -0.2) is 16.3 Å². The van der Waals surface area contributed by atoms with Crippen molar-refractivity contribution in [3.05, 3.63) is 18.5 Å². The van der Waals surface area contributed by atoms with E-state index >= 15 is 0 Å². The summed E-state index contributed by atoms with van der Waals surface area (Å²) in [6, 6.07) is 1.92. The number of nitrogens with zero attached hydrogens (tertiary/aromatic N) is 2. The summed E-state index contributed by atoms with van der Waals surface area (Å²) in [5, 5.41) is 4.07. The molecule has 0 aromatic carbocycles. The first kappa shape index (κ1) is 7.28. The maximum Gasteiger partial charge on any atom is 0.0489 e. The summed E-state index contributed by atoms with van der Waals surface area (Å²) in [7, 11) is 0. The molecule has 0 radical (unpaired) electrons. The Morgan fingerprint density at radius 2 is 2.50 bits per heavy atom. The topological polar surface area (TPSA) is 43.8 Å². The van der Waals surface area contributed by atoms with Gasteiger partial charge in [-0.05, 0) is 18.5 Å². The lowest BCUT2D eigenvalue weighted by Gasteiger charge is -2.06. The third-order valence-corrected chi connectivity index (χ3v) is 1.46. The van der Waals surface area contributed by atoms with E-state index in [0.29, 0.717) is 5.92 Å². The van der Waals surface area contributed by atoms with E-state index in [9.17, 15) is 0 Å². The molecule has 0 saturated carbocycles. The molecule has 3 heteroatoms. The van der Waals surface area contributed by atoms with Crippen molar-refractivity contribution >= 4 is 0 Å². The van der Waals surface area contributed by atoms with Crippen LogP contribution < -0.4 is 5.73 Å². The monoisotopic (exact) mass is 139 g/mol. The van der Waals surface area contributed by atoms with Crippen LogP contribution in [0.3, 0.4) is 0 Å². The molecule has 2 N–H and O–H groups in total. The van der Waals surface area contributed by atoms with E-state index in [4.69, 9.17) is 5.73 Å². The van der Waals surface area contributed by atoms with Crippen LogP contribution in [0.5, 0.6) is 0 Å². The molecule has 1 aromatic rings. The van der Waals surface area contributed by atoms with Gasteiger partial charge < -0.3 is 5.73 Å². The summed E-state index contributed by atoms with van der Waals surface area (Å²) in [4.78, 5) is 0. The van der Waals surface area contributed by atoms with Crippen molar-refractivity contribution in [1.82, 2.24) is 9.78 Å². The lowest BCUT2D eigenvalue weighted by Crippen LogP contribution is -2.17. The van der Waals surface area contributed by atoms with Gasteiger partial charge in [0.05, 0.1) is 0 Å². The van der Waals surface area contributed by atoms with E-state index in [2.05, 4.69) is 12.0 Å². The molecule has 1 aromatic heterocycles. The van der Waals surface area contributed by atoms with Crippen LogP contribution in [0.4, 0.5) is 0 Å². The lowest BCUT2D eigenvalue weighted by atomic mass is 10.2. The Morgan fingerprint density at radius 1 is 1.70 bits per heavy atom. The van der Waals surface area contributed by atoms with Gasteiger partial charge in [-0.1, -0.05) is 6.92 Å². The second kappa shape index (κ2) is 3.37. The van der Waals surface area contributed by atoms with Crippen LogP contribution in [0.25, 0.3) is 0 Å². The fraction of sp³-hybridized carbons (Fsp3) is 0.571. The van der Waals surface area contributed by atoms with Gasteiger partial charge in [0, 0.05) is 18.9 Å². The first-order chi connectivity index (χ1) is 4.83. The van der Waals surface area contributed by atoms with Gasteiger partial charge in [0.1, 0.15) is 0 Å². The minimum Gasteiger partial charge on any atom is -0.330 e. The molecular weight excluding hydrogens is 126 g/mol. The number of rotatable bonds is 3. The predicted molar refractivity (Wildman–Crippen MR) is 40.4 cm³/mol. The summed E-state index contributed by atoms with van der Waals surface area (Å²) in [6.45, 7) is 3.76. The first-order valence-corrected chi connectivity index (χ1v) is 3.50. The molecule has 10 heavy (non-hydrogen) atoms. The molecule has 1 rings (SSSR count). The van der Waals surface area contributed by atoms with Crippen molar-refractivity contribution in [1.29, 1.82) is 0 Å². The SMILES string of the molecule is C[C@@H](CN)Cn1cccn1. The molecule has 1 atom stereocenters. The highest BCUT2D eigenvalue weighted by Crippen LogP contribution is 1.95. The highest BCUT2D eigenvalue weighted by atomic mass is 15.3. The minimum absolute atomic E-state index is 0.514. The van der Waals surface area contributed by atoms with E-state index in [1.54, 1.807) is 6.20 Å². The molecule has 0 spiro atoms. The van der Waals surface area contributed by atoms with E-state index in [0.717, 1.165) is 13.1 Å². The van der Waals surface area contributed by atoms with Crippen molar-refractivity contribution < 1.29 is 0 Å². The van der Waals surface area contributed by atoms with E-state index in [1.165, 1.54) is 0 Å². The lowest BCUT2D eigenvalue weighted by molar-refractivity contribution is 0.458. The Balaban J connectivity index is 2.40. The third kappa shape index (κ3) is 1.84. The molecule has 0 bridgehead atoms. The van der Waals surface area contributed by atoms with Crippen LogP contribution in [0.15, 0.2) is 18.5 Å². The number of nitrogens with two attached hydrogens (primary N) is 1. The van der Waals surface area contributed by atoms with Gasteiger partial charge in [-0.3, -0.25) is 4.68 Å². The second-order valence-electron chi connectivity index (χ2n) is 2.57. The molecule has 1 heterocycles. The molecular formula is C7H13N3. The Morgan fingerprint density at radius 3 is 3.00 bits per heavy atom. The van der Waals surface area contributed by atoms with Gasteiger partial charge in [-0.2, -0.15) is 5.10 Å². The summed E-state index contributed by atoms with van der Waals surface area (Å²) in [5.41, 5.74) is 5.45. The van der Waals surface area contributed by atoms with Crippen LogP contribution in [0.2, 0.25) is 0 Å². The Bertz CT molecular complexity index is 169. The van der Waals surface area contributed by atoms with Crippen LogP contribution in [0.1, 0.15) is 6.92 Å². The zero-order valence-electron chi connectivity index (χ0n) is 6.20. The molecule has 0 aliphatic rings. The van der Waals surface area contributed by atoms with E-state index in [1.807, 2.05) is 16.9 Å². The fourth-order valence-corrected chi connectivity index (χ4v) is 0.802. The molecule has 0 aliphatic heterocycles. The second-order valence-corrected chi connectivity index (χ2v) is 2.57. The van der Waals surface area contributed by atoms with Gasteiger partial charge in [0.15, 0.2) is 0 Å². The van der Waals surface area contributed by atoms with Gasteiger partial charge in [-0.15, -0.1) is 0 Å². The fourth-order valence-electron chi connectivity index (χ4n) is 0.802. The standard InChI is InChI=1S/C7H13N3/c1-7(5-8)6-10-4-2-3-9-10/h2-4,7H,5-6,8H2,1H3/t7-/m0/s1. The van der Waals surface area contributed by atoms with Crippen LogP contribution >= 0.6 is 0 Å². The zero-order valence-corrected chi connectivity index (χ0v) is 6.20. The normalized spacial score (nSPS) is 13.4. The van der Waals surface area contributed by atoms with Gasteiger partial charge in [-0.25, -0.2) is 0 Å². The van der Waals surface area contributed by atoms with E-state index in [-0.39, 0.29) is 0 Å².